The van der Waals surface area contributed by atoms with Crippen molar-refractivity contribution in [1.29, 1.82) is 0 Å². The van der Waals surface area contributed by atoms with Gasteiger partial charge in [0, 0.05) is 37.8 Å². The molecule has 5 rings (SSSR count). The third-order valence-corrected chi connectivity index (χ3v) is 8.91. The van der Waals surface area contributed by atoms with Gasteiger partial charge in [0.1, 0.15) is 29.4 Å². The molecule has 242 valence electrons. The number of nitrogens with one attached hydrogen (secondary N) is 1. The van der Waals surface area contributed by atoms with E-state index in [0.29, 0.717) is 35.3 Å². The molecule has 1 heterocycles. The van der Waals surface area contributed by atoms with Crippen molar-refractivity contribution in [1.82, 2.24) is 10.2 Å². The number of benzene rings is 3. The van der Waals surface area contributed by atoms with Crippen molar-refractivity contribution in [3.05, 3.63) is 75.8 Å². The van der Waals surface area contributed by atoms with E-state index in [-0.39, 0.29) is 18.8 Å². The van der Waals surface area contributed by atoms with Gasteiger partial charge in [-0.1, -0.05) is 41.9 Å². The Morgan fingerprint density at radius 2 is 1.89 bits per heavy atom. The highest BCUT2D eigenvalue weighted by atomic mass is 35.5. The molecule has 9 nitrogen and oxygen atoms in total. The number of halogens is 1. The molecule has 1 aliphatic carbocycles. The molecule has 0 radical (unpaired) electrons. The van der Waals surface area contributed by atoms with Gasteiger partial charge in [-0.15, -0.1) is 0 Å². The largest absolute Gasteiger partial charge is 0.493 e. The van der Waals surface area contributed by atoms with Gasteiger partial charge in [0.2, 0.25) is 0 Å². The van der Waals surface area contributed by atoms with Crippen LogP contribution in [0.3, 0.4) is 0 Å². The van der Waals surface area contributed by atoms with Crippen LogP contribution in [0.4, 0.5) is 0 Å². The minimum Gasteiger partial charge on any atom is -0.493 e. The zero-order valence-electron chi connectivity index (χ0n) is 25.9. The van der Waals surface area contributed by atoms with Crippen molar-refractivity contribution < 1.29 is 34.3 Å². The van der Waals surface area contributed by atoms with E-state index in [1.54, 1.807) is 12.1 Å². The lowest BCUT2D eigenvalue weighted by molar-refractivity contribution is -0.140. The topological polar surface area (TPSA) is 121 Å². The van der Waals surface area contributed by atoms with E-state index in [0.717, 1.165) is 67.8 Å². The highest BCUT2D eigenvalue weighted by Gasteiger charge is 2.28. The summed E-state index contributed by atoms with van der Waals surface area (Å²) >= 11 is 6.68. The van der Waals surface area contributed by atoms with Crippen LogP contribution in [0.1, 0.15) is 54.5 Å². The van der Waals surface area contributed by atoms with Gasteiger partial charge >= 0.3 is 5.97 Å². The number of aliphatic carboxylic acids is 1. The van der Waals surface area contributed by atoms with Crippen LogP contribution in [-0.2, 0) is 17.8 Å². The molecule has 1 aliphatic heterocycles. The van der Waals surface area contributed by atoms with Gasteiger partial charge in [-0.25, -0.2) is 0 Å². The van der Waals surface area contributed by atoms with Crippen LogP contribution in [0.2, 0.25) is 5.02 Å². The number of likely N-dealkylation sites (tertiary alicyclic amines) is 1. The second-order valence-corrected chi connectivity index (χ2v) is 12.1. The Hall–Kier alpha value is -3.34. The molecule has 1 unspecified atom stereocenters. The van der Waals surface area contributed by atoms with Crippen molar-refractivity contribution in [2.24, 2.45) is 0 Å². The zero-order valence-corrected chi connectivity index (χ0v) is 26.7. The van der Waals surface area contributed by atoms with E-state index >= 15 is 0 Å². The van der Waals surface area contributed by atoms with E-state index < -0.39 is 18.6 Å². The van der Waals surface area contributed by atoms with Crippen LogP contribution < -0.4 is 19.5 Å². The molecule has 3 atom stereocenters. The Morgan fingerprint density at radius 3 is 2.62 bits per heavy atom. The first-order chi connectivity index (χ1) is 21.8. The Balaban J connectivity index is 1.30. The van der Waals surface area contributed by atoms with Gasteiger partial charge in [-0.2, -0.15) is 0 Å². The molecule has 10 heteroatoms. The molecule has 3 aromatic carbocycles. The average Bonchev–Trinajstić information content (AvgIpc) is 3.64. The first kappa shape index (κ1) is 33.0. The van der Waals surface area contributed by atoms with Crippen molar-refractivity contribution in [2.75, 3.05) is 39.5 Å². The van der Waals surface area contributed by atoms with Crippen LogP contribution in [0, 0.1) is 6.92 Å². The molecule has 0 saturated carbocycles. The summed E-state index contributed by atoms with van der Waals surface area (Å²) in [5.41, 5.74) is 6.47. The fourth-order valence-corrected chi connectivity index (χ4v) is 6.48. The molecule has 1 saturated heterocycles. The molecule has 4 N–H and O–H groups in total. The lowest BCUT2D eigenvalue weighted by Gasteiger charge is -2.20. The first-order valence-corrected chi connectivity index (χ1v) is 16.1. The van der Waals surface area contributed by atoms with Crippen molar-refractivity contribution >= 4 is 17.6 Å². The number of nitrogens with zero attached hydrogens (tertiary/aromatic N) is 1. The second kappa shape index (κ2) is 15.3. The van der Waals surface area contributed by atoms with Crippen molar-refractivity contribution in [3.8, 4) is 28.4 Å². The maximum Gasteiger partial charge on any atom is 0.323 e. The standard InChI is InChI=1S/C35H43ClN2O7/c1-3-43-33-18-34(29(36)17-23(33)19-37-30(21-39)35(41)42)45-32-12-11-27-26(8-4-9-28(27)32)25-7-5-10-31(22(25)2)44-16-6-14-38-15-13-24(40)20-38/h4-5,7-10,17-18,24,30,32,37,39-40H,3,6,11-16,19-21H2,1-2H3,(H,41,42)/t24?,30-,32-/m0/s1. The summed E-state index contributed by atoms with van der Waals surface area (Å²) in [4.78, 5) is 13.6. The molecule has 0 aromatic heterocycles. The highest BCUT2D eigenvalue weighted by molar-refractivity contribution is 6.32. The summed E-state index contributed by atoms with van der Waals surface area (Å²) in [7, 11) is 0. The number of β-amino-alcohol motifs (C(OH)–C–C–N with tert-alkyl or cyclic N) is 1. The third kappa shape index (κ3) is 7.91. The molecular weight excluding hydrogens is 596 g/mol. The molecule has 45 heavy (non-hydrogen) atoms. The molecule has 2 aliphatic rings. The highest BCUT2D eigenvalue weighted by Crippen LogP contribution is 2.44. The van der Waals surface area contributed by atoms with E-state index in [1.165, 1.54) is 11.1 Å². The number of hydrogen-bond acceptors (Lipinski definition) is 8. The number of aliphatic hydroxyl groups excluding tert-OH is 2. The predicted molar refractivity (Wildman–Crippen MR) is 173 cm³/mol. The van der Waals surface area contributed by atoms with Gasteiger partial charge < -0.3 is 34.4 Å². The van der Waals surface area contributed by atoms with Crippen molar-refractivity contribution in [2.45, 2.75) is 64.3 Å². The van der Waals surface area contributed by atoms with E-state index in [2.05, 4.69) is 41.4 Å². The van der Waals surface area contributed by atoms with Crippen LogP contribution in [0.15, 0.2) is 48.5 Å². The Bertz CT molecular complexity index is 1480. The Kier molecular flexibility index (Phi) is 11.2. The molecule has 0 spiro atoms. The van der Waals surface area contributed by atoms with Crippen LogP contribution in [-0.4, -0.2) is 77.8 Å². The van der Waals surface area contributed by atoms with Gasteiger partial charge in [0.15, 0.2) is 0 Å². The average molecular weight is 639 g/mol. The van der Waals surface area contributed by atoms with E-state index in [9.17, 15) is 20.1 Å². The maximum atomic E-state index is 11.3. The minimum atomic E-state index is -1.13. The number of rotatable bonds is 15. The lowest BCUT2D eigenvalue weighted by Crippen LogP contribution is -2.39. The number of aliphatic hydroxyl groups is 2. The number of ether oxygens (including phenoxy) is 3. The lowest BCUT2D eigenvalue weighted by atomic mass is 9.93. The summed E-state index contributed by atoms with van der Waals surface area (Å²) in [6.45, 7) is 7.27. The summed E-state index contributed by atoms with van der Waals surface area (Å²) in [5, 5.41) is 31.6. The molecular formula is C35H43ClN2O7. The fourth-order valence-electron chi connectivity index (χ4n) is 6.25. The number of carboxylic acids is 1. The SMILES string of the molecule is CCOc1cc(O[C@H]2CCc3c(-c4cccc(OCCCN5CCC(O)C5)c4C)cccc32)c(Cl)cc1CN[C@@H](CO)C(=O)O. The first-order valence-electron chi connectivity index (χ1n) is 15.7. The molecule has 1 fully saturated rings. The summed E-state index contributed by atoms with van der Waals surface area (Å²) < 4.78 is 18.6. The third-order valence-electron chi connectivity index (χ3n) is 8.62. The minimum absolute atomic E-state index is 0.160. The van der Waals surface area contributed by atoms with Crippen LogP contribution in [0.5, 0.6) is 17.2 Å². The Labute approximate surface area is 269 Å². The fraction of sp³-hybridized carbons (Fsp3) is 0.457. The van der Waals surface area contributed by atoms with Crippen LogP contribution in [0.25, 0.3) is 11.1 Å². The van der Waals surface area contributed by atoms with Gasteiger partial charge in [-0.05, 0) is 79.5 Å². The van der Waals surface area contributed by atoms with Gasteiger partial charge in [0.05, 0.1) is 30.9 Å². The molecule has 0 amide bonds. The molecule has 0 bridgehead atoms. The summed E-state index contributed by atoms with van der Waals surface area (Å²) in [6, 6.07) is 14.9. The van der Waals surface area contributed by atoms with Gasteiger partial charge in [0.25, 0.3) is 0 Å². The quantitative estimate of drug-likeness (QED) is 0.168. The predicted octanol–water partition coefficient (Wildman–Crippen LogP) is 5.15. The number of fused-ring (bicyclic) bond motifs is 1. The monoisotopic (exact) mass is 638 g/mol. The smallest absolute Gasteiger partial charge is 0.323 e. The molecule has 3 aromatic rings. The van der Waals surface area contributed by atoms with E-state index in [1.807, 2.05) is 19.1 Å². The summed E-state index contributed by atoms with van der Waals surface area (Å²) in [6.07, 6.45) is 3.03. The number of carbonyl (C=O) groups is 1. The Morgan fingerprint density at radius 1 is 1.09 bits per heavy atom. The number of hydrogen-bond donors (Lipinski definition) is 4. The van der Waals surface area contributed by atoms with Crippen LogP contribution >= 0.6 is 11.6 Å². The van der Waals surface area contributed by atoms with E-state index in [4.69, 9.17) is 25.8 Å². The summed E-state index contributed by atoms with van der Waals surface area (Å²) in [5.74, 6) is 0.796. The second-order valence-electron chi connectivity index (χ2n) is 11.7. The van der Waals surface area contributed by atoms with Gasteiger partial charge in [-0.3, -0.25) is 10.1 Å². The normalized spacial score (nSPS) is 18.5. The van der Waals surface area contributed by atoms with Crippen molar-refractivity contribution in [3.63, 3.8) is 0 Å². The zero-order chi connectivity index (χ0) is 31.9. The maximum absolute atomic E-state index is 11.3. The number of carboxylic acid groups (broad SMARTS) is 1.